The largest absolute Gasteiger partial charge is 0.208 e. The molecule has 0 radical (unpaired) electrons. The van der Waals surface area contributed by atoms with E-state index in [1.165, 1.54) is 66.1 Å². The van der Waals surface area contributed by atoms with Crippen LogP contribution in [0.3, 0.4) is 0 Å². The highest BCUT2D eigenvalue weighted by molar-refractivity contribution is 6.18. The molecule has 0 fully saturated rings. The van der Waals surface area contributed by atoms with Gasteiger partial charge in [0, 0.05) is 16.7 Å². The lowest BCUT2D eigenvalue weighted by Gasteiger charge is -2.14. The Balaban J connectivity index is 1.03. The zero-order valence-corrected chi connectivity index (χ0v) is 30.4. The summed E-state index contributed by atoms with van der Waals surface area (Å²) < 4.78 is 0. The summed E-state index contributed by atoms with van der Waals surface area (Å²) in [5, 5.41) is 5.02. The zero-order valence-electron chi connectivity index (χ0n) is 30.4. The Bertz CT molecular complexity index is 3040. The molecule has 0 atom stereocenters. The normalized spacial score (nSPS) is 11.6. The smallest absolute Gasteiger partial charge is 0.164 e. The van der Waals surface area contributed by atoms with Crippen molar-refractivity contribution in [2.24, 2.45) is 0 Å². The Kier molecular flexibility index (Phi) is 7.49. The van der Waals surface area contributed by atoms with Crippen LogP contribution in [-0.2, 0) is 0 Å². The maximum Gasteiger partial charge on any atom is 0.164 e. The van der Waals surface area contributed by atoms with Crippen LogP contribution < -0.4 is 0 Å². The van der Waals surface area contributed by atoms with Crippen molar-refractivity contribution in [1.82, 2.24) is 15.0 Å². The molecule has 0 spiro atoms. The molecule has 10 aromatic rings. The van der Waals surface area contributed by atoms with Crippen molar-refractivity contribution in [3.8, 4) is 89.8 Å². The van der Waals surface area contributed by atoms with Gasteiger partial charge in [-0.2, -0.15) is 0 Å². The van der Waals surface area contributed by atoms with Gasteiger partial charge in [-0.05, 0) is 101 Å². The lowest BCUT2D eigenvalue weighted by Crippen LogP contribution is -2.00. The van der Waals surface area contributed by atoms with Gasteiger partial charge in [-0.3, -0.25) is 0 Å². The minimum absolute atomic E-state index is 0.640. The Hall–Kier alpha value is -7.49. The van der Waals surface area contributed by atoms with Crippen molar-refractivity contribution in [3.63, 3.8) is 0 Å². The Morgan fingerprint density at radius 3 is 1.41 bits per heavy atom. The van der Waals surface area contributed by atoms with Crippen molar-refractivity contribution >= 4 is 21.5 Å². The summed E-state index contributed by atoms with van der Waals surface area (Å²) in [5.74, 6) is 1.94. The van der Waals surface area contributed by atoms with E-state index in [1.807, 2.05) is 60.7 Å². The predicted octanol–water partition coefficient (Wildman–Crippen LogP) is 13.8. The summed E-state index contributed by atoms with van der Waals surface area (Å²) >= 11 is 0. The van der Waals surface area contributed by atoms with E-state index >= 15 is 0 Å². The van der Waals surface area contributed by atoms with E-state index in [0.29, 0.717) is 17.5 Å². The minimum atomic E-state index is 0.640. The first-order chi connectivity index (χ1) is 27.7. The van der Waals surface area contributed by atoms with Gasteiger partial charge in [-0.1, -0.05) is 176 Å². The second-order valence-corrected chi connectivity index (χ2v) is 14.4. The first-order valence-corrected chi connectivity index (χ1v) is 19.0. The number of fused-ring (bicyclic) bond motifs is 4. The molecule has 260 valence electrons. The van der Waals surface area contributed by atoms with Crippen molar-refractivity contribution < 1.29 is 0 Å². The molecule has 0 bridgehead atoms. The molecular weight excluding hydrogens is 679 g/mol. The number of rotatable bonds is 6. The number of benzene rings is 9. The summed E-state index contributed by atoms with van der Waals surface area (Å²) in [5.41, 5.74) is 15.2. The second-order valence-electron chi connectivity index (χ2n) is 14.4. The van der Waals surface area contributed by atoms with E-state index in [-0.39, 0.29) is 0 Å². The molecule has 1 heterocycles. The van der Waals surface area contributed by atoms with Gasteiger partial charge in [0.1, 0.15) is 0 Å². The highest BCUT2D eigenvalue weighted by Gasteiger charge is 2.22. The quantitative estimate of drug-likeness (QED) is 0.172. The van der Waals surface area contributed by atoms with Crippen LogP contribution >= 0.6 is 0 Å². The molecule has 1 aliphatic rings. The third kappa shape index (κ3) is 5.40. The lowest BCUT2D eigenvalue weighted by atomic mass is 9.90. The summed E-state index contributed by atoms with van der Waals surface area (Å²) in [4.78, 5) is 15.0. The van der Waals surface area contributed by atoms with Crippen molar-refractivity contribution in [2.75, 3.05) is 0 Å². The SMILES string of the molecule is c1ccc(-c2nc(-c3ccccc3)nc(-c3cccc(-c4cc(-c5cccc(-c6ccc7c8c(cccc68)-c6ccccc6-7)c5)cc5ccccc45)c3)n2)cc1. The van der Waals surface area contributed by atoms with Crippen LogP contribution in [0.4, 0.5) is 0 Å². The van der Waals surface area contributed by atoms with Crippen LogP contribution in [-0.4, -0.2) is 15.0 Å². The highest BCUT2D eigenvalue weighted by Crippen LogP contribution is 2.49. The molecule has 0 aliphatic heterocycles. The number of aromatic nitrogens is 3. The van der Waals surface area contributed by atoms with Gasteiger partial charge in [0.2, 0.25) is 0 Å². The number of nitrogens with zero attached hydrogens (tertiary/aromatic N) is 3. The second kappa shape index (κ2) is 13.1. The van der Waals surface area contributed by atoms with E-state index in [2.05, 4.69) is 140 Å². The average Bonchev–Trinajstić information content (AvgIpc) is 3.61. The predicted molar refractivity (Wildman–Crippen MR) is 232 cm³/mol. The van der Waals surface area contributed by atoms with Crippen LogP contribution in [0.2, 0.25) is 0 Å². The molecule has 0 amide bonds. The molecule has 3 nitrogen and oxygen atoms in total. The lowest BCUT2D eigenvalue weighted by molar-refractivity contribution is 1.07. The minimum Gasteiger partial charge on any atom is -0.208 e. The molecular formula is C53H33N3. The highest BCUT2D eigenvalue weighted by atomic mass is 15.0. The fourth-order valence-electron chi connectivity index (χ4n) is 8.41. The fourth-order valence-corrected chi connectivity index (χ4v) is 8.41. The van der Waals surface area contributed by atoms with Crippen molar-refractivity contribution in [2.45, 2.75) is 0 Å². The van der Waals surface area contributed by atoms with Crippen LogP contribution in [0.5, 0.6) is 0 Å². The fraction of sp³-hybridized carbons (Fsp3) is 0. The van der Waals surface area contributed by atoms with Crippen LogP contribution in [0.25, 0.3) is 111 Å². The molecule has 0 saturated carbocycles. The van der Waals surface area contributed by atoms with E-state index in [9.17, 15) is 0 Å². The maximum atomic E-state index is 5.03. The topological polar surface area (TPSA) is 38.7 Å². The van der Waals surface area contributed by atoms with Gasteiger partial charge >= 0.3 is 0 Å². The average molecular weight is 712 g/mol. The van der Waals surface area contributed by atoms with Gasteiger partial charge in [0.05, 0.1) is 0 Å². The Morgan fingerprint density at radius 1 is 0.232 bits per heavy atom. The molecule has 9 aromatic carbocycles. The van der Waals surface area contributed by atoms with Crippen LogP contribution in [0.15, 0.2) is 200 Å². The molecule has 11 rings (SSSR count). The van der Waals surface area contributed by atoms with E-state index in [0.717, 1.165) is 27.8 Å². The van der Waals surface area contributed by atoms with Crippen molar-refractivity contribution in [1.29, 1.82) is 0 Å². The van der Waals surface area contributed by atoms with E-state index < -0.39 is 0 Å². The molecule has 1 aliphatic carbocycles. The molecule has 0 N–H and O–H groups in total. The molecule has 0 unspecified atom stereocenters. The summed E-state index contributed by atoms with van der Waals surface area (Å²) in [6.45, 7) is 0. The third-order valence-corrected chi connectivity index (χ3v) is 11.0. The monoisotopic (exact) mass is 711 g/mol. The van der Waals surface area contributed by atoms with Gasteiger partial charge in [-0.25, -0.2) is 15.0 Å². The number of hydrogen-bond donors (Lipinski definition) is 0. The van der Waals surface area contributed by atoms with Gasteiger partial charge in [0.15, 0.2) is 17.5 Å². The number of hydrogen-bond acceptors (Lipinski definition) is 3. The van der Waals surface area contributed by atoms with Gasteiger partial charge in [0.25, 0.3) is 0 Å². The first-order valence-electron chi connectivity index (χ1n) is 19.0. The van der Waals surface area contributed by atoms with Crippen LogP contribution in [0, 0.1) is 0 Å². The van der Waals surface area contributed by atoms with Crippen LogP contribution in [0.1, 0.15) is 0 Å². The first kappa shape index (κ1) is 32.0. The third-order valence-electron chi connectivity index (χ3n) is 11.0. The summed E-state index contributed by atoms with van der Waals surface area (Å²) in [6.07, 6.45) is 0. The maximum absolute atomic E-state index is 5.03. The standard InChI is InChI=1S/C53H33N3/c1-3-14-34(15-4-1)51-54-52(35-16-5-2-6-17-35)56-53(55-51)40-22-12-21-39(31-40)49-33-41(32-37-18-7-8-23-42(37)49)36-19-11-20-38(30-36)43-28-29-48-45-25-10-9-24-44(45)47-27-13-26-46(43)50(47)48/h1-33H. The molecule has 0 saturated heterocycles. The van der Waals surface area contributed by atoms with Gasteiger partial charge in [-0.15, -0.1) is 0 Å². The van der Waals surface area contributed by atoms with E-state index in [1.54, 1.807) is 0 Å². The van der Waals surface area contributed by atoms with E-state index in [4.69, 9.17) is 15.0 Å². The molecule has 56 heavy (non-hydrogen) atoms. The summed E-state index contributed by atoms with van der Waals surface area (Å²) in [6, 6.07) is 71.3. The molecule has 3 heteroatoms. The molecule has 1 aromatic heterocycles. The zero-order chi connectivity index (χ0) is 37.0. The summed E-state index contributed by atoms with van der Waals surface area (Å²) in [7, 11) is 0. The Morgan fingerprint density at radius 2 is 0.696 bits per heavy atom. The Labute approximate surface area is 325 Å². The van der Waals surface area contributed by atoms with Crippen molar-refractivity contribution in [3.05, 3.63) is 200 Å². The van der Waals surface area contributed by atoms with Gasteiger partial charge < -0.3 is 0 Å².